The summed E-state index contributed by atoms with van der Waals surface area (Å²) in [4.78, 5) is 13.8. The van der Waals surface area contributed by atoms with Gasteiger partial charge in [-0.3, -0.25) is 15.1 Å². The van der Waals surface area contributed by atoms with Gasteiger partial charge in [0.1, 0.15) is 5.69 Å². The second-order valence-electron chi connectivity index (χ2n) is 3.95. The van der Waals surface area contributed by atoms with E-state index in [4.69, 9.17) is 23.2 Å². The van der Waals surface area contributed by atoms with Crippen molar-refractivity contribution in [2.75, 3.05) is 0 Å². The van der Waals surface area contributed by atoms with Crippen LogP contribution in [0.4, 0.5) is 15.8 Å². The molecule has 2 rings (SSSR count). The van der Waals surface area contributed by atoms with E-state index in [1.807, 2.05) is 0 Å². The summed E-state index contributed by atoms with van der Waals surface area (Å²) in [6.07, 6.45) is 1.07. The molecule has 5 nitrogen and oxygen atoms in total. The van der Waals surface area contributed by atoms with Crippen LogP contribution in [0.2, 0.25) is 10.0 Å². The molecule has 0 aliphatic carbocycles. The van der Waals surface area contributed by atoms with Gasteiger partial charge in [0.15, 0.2) is 5.82 Å². The number of nitrogens with zero attached hydrogens (tertiary/aromatic N) is 2. The smallest absolute Gasteiger partial charge is 0.312 e. The van der Waals surface area contributed by atoms with Crippen molar-refractivity contribution < 1.29 is 14.4 Å². The Balaban J connectivity index is 2.46. The van der Waals surface area contributed by atoms with Crippen molar-refractivity contribution in [3.05, 3.63) is 61.9 Å². The molecule has 0 unspecified atom stereocenters. The Morgan fingerprint density at radius 2 is 2.05 bits per heavy atom. The molecule has 8 heteroatoms. The molecule has 0 aliphatic rings. The van der Waals surface area contributed by atoms with E-state index in [1.165, 1.54) is 24.3 Å². The molecule has 2 aromatic carbocycles. The zero-order valence-electron chi connectivity index (χ0n) is 10.3. The Morgan fingerprint density at radius 3 is 2.71 bits per heavy atom. The van der Waals surface area contributed by atoms with E-state index < -0.39 is 22.2 Å². The minimum absolute atomic E-state index is 0.00595. The Morgan fingerprint density at radius 1 is 1.33 bits per heavy atom. The van der Waals surface area contributed by atoms with Gasteiger partial charge >= 0.3 is 5.69 Å². The number of nitro benzene ring substituents is 1. The predicted molar refractivity (Wildman–Crippen MR) is 78.4 cm³/mol. The maximum absolute atomic E-state index is 13.6. The second kappa shape index (κ2) is 6.07. The number of hydrogen-bond acceptors (Lipinski definition) is 4. The van der Waals surface area contributed by atoms with Crippen molar-refractivity contribution in [2.24, 2.45) is 4.99 Å². The van der Waals surface area contributed by atoms with Gasteiger partial charge in [0.05, 0.1) is 9.95 Å². The summed E-state index contributed by atoms with van der Waals surface area (Å²) in [7, 11) is 0. The standard InChI is InChI=1S/C13H7Cl2FN2O3/c14-8-4-7(13(19)11(5-8)18(20)21)6-17-10-3-1-2-9(15)12(10)16/h1-6,19H. The molecule has 0 spiro atoms. The number of nitro groups is 1. The lowest BCUT2D eigenvalue weighted by Crippen LogP contribution is -1.92. The number of halogens is 3. The van der Waals surface area contributed by atoms with Crippen LogP contribution in [0.1, 0.15) is 5.56 Å². The minimum atomic E-state index is -0.779. The Kier molecular flexibility index (Phi) is 4.40. The van der Waals surface area contributed by atoms with Gasteiger partial charge in [0.25, 0.3) is 0 Å². The first-order chi connectivity index (χ1) is 9.90. The molecule has 0 aromatic heterocycles. The summed E-state index contributed by atoms with van der Waals surface area (Å²) in [5, 5.41) is 20.5. The topological polar surface area (TPSA) is 75.7 Å². The molecular weight excluding hydrogens is 322 g/mol. The van der Waals surface area contributed by atoms with Crippen LogP contribution >= 0.6 is 23.2 Å². The van der Waals surface area contributed by atoms with Gasteiger partial charge in [0.2, 0.25) is 5.75 Å². The summed E-state index contributed by atoms with van der Waals surface area (Å²) in [5.41, 5.74) is -0.631. The SMILES string of the molecule is O=[N+]([O-])c1cc(Cl)cc(C=Nc2cccc(Cl)c2F)c1O. The molecule has 0 amide bonds. The number of aromatic hydroxyl groups is 1. The molecule has 108 valence electrons. The minimum Gasteiger partial charge on any atom is -0.502 e. The number of aliphatic imine (C=N–C) groups is 1. The lowest BCUT2D eigenvalue weighted by atomic mass is 10.2. The van der Waals surface area contributed by atoms with Crippen LogP contribution in [0.25, 0.3) is 0 Å². The highest BCUT2D eigenvalue weighted by Gasteiger charge is 2.17. The summed E-state index contributed by atoms with van der Waals surface area (Å²) in [6, 6.07) is 6.51. The fourth-order valence-electron chi connectivity index (χ4n) is 1.57. The quantitative estimate of drug-likeness (QED) is 0.512. The van der Waals surface area contributed by atoms with E-state index in [2.05, 4.69) is 4.99 Å². The Labute approximate surface area is 128 Å². The zero-order valence-corrected chi connectivity index (χ0v) is 11.8. The van der Waals surface area contributed by atoms with Gasteiger partial charge in [-0.25, -0.2) is 4.39 Å². The van der Waals surface area contributed by atoms with E-state index in [0.29, 0.717) is 0 Å². The molecular formula is C13H7Cl2FN2O3. The highest BCUT2D eigenvalue weighted by atomic mass is 35.5. The molecule has 0 heterocycles. The van der Waals surface area contributed by atoms with Gasteiger partial charge < -0.3 is 5.11 Å². The van der Waals surface area contributed by atoms with Crippen molar-refractivity contribution in [3.63, 3.8) is 0 Å². The van der Waals surface area contributed by atoms with Crippen LogP contribution in [0.15, 0.2) is 35.3 Å². The number of rotatable bonds is 3. The number of phenolic OH excluding ortho intramolecular Hbond substituents is 1. The normalized spacial score (nSPS) is 11.0. The van der Waals surface area contributed by atoms with Crippen LogP contribution in [0, 0.1) is 15.9 Å². The Hall–Kier alpha value is -2.18. The lowest BCUT2D eigenvalue weighted by molar-refractivity contribution is -0.385. The molecule has 0 aliphatic heterocycles. The van der Waals surface area contributed by atoms with E-state index in [9.17, 15) is 19.6 Å². The number of phenols is 1. The average molecular weight is 329 g/mol. The third-order valence-electron chi connectivity index (χ3n) is 2.55. The summed E-state index contributed by atoms with van der Waals surface area (Å²) in [5.74, 6) is -1.33. The zero-order chi connectivity index (χ0) is 15.6. The maximum atomic E-state index is 13.6. The van der Waals surface area contributed by atoms with Crippen LogP contribution in [0.5, 0.6) is 5.75 Å². The fourth-order valence-corrected chi connectivity index (χ4v) is 1.96. The first-order valence-corrected chi connectivity index (χ1v) is 6.30. The van der Waals surface area contributed by atoms with Gasteiger partial charge in [-0.2, -0.15) is 0 Å². The third-order valence-corrected chi connectivity index (χ3v) is 3.06. The molecule has 0 saturated carbocycles. The monoisotopic (exact) mass is 328 g/mol. The number of hydrogen-bond donors (Lipinski definition) is 1. The molecule has 0 atom stereocenters. The third kappa shape index (κ3) is 3.29. The van der Waals surface area contributed by atoms with Gasteiger partial charge in [-0.05, 0) is 18.2 Å². The van der Waals surface area contributed by atoms with Crippen LogP contribution in [0.3, 0.4) is 0 Å². The van der Waals surface area contributed by atoms with Crippen molar-refractivity contribution in [1.29, 1.82) is 0 Å². The maximum Gasteiger partial charge on any atom is 0.312 e. The first-order valence-electron chi connectivity index (χ1n) is 5.55. The first kappa shape index (κ1) is 15.2. The summed E-state index contributed by atoms with van der Waals surface area (Å²) >= 11 is 11.3. The van der Waals surface area contributed by atoms with E-state index >= 15 is 0 Å². The Bertz CT molecular complexity index is 750. The highest BCUT2D eigenvalue weighted by Crippen LogP contribution is 2.33. The average Bonchev–Trinajstić information content (AvgIpc) is 2.43. The van der Waals surface area contributed by atoms with Crippen LogP contribution in [-0.2, 0) is 0 Å². The molecule has 1 N–H and O–H groups in total. The lowest BCUT2D eigenvalue weighted by Gasteiger charge is -2.02. The molecule has 0 saturated heterocycles. The predicted octanol–water partition coefficient (Wildman–Crippen LogP) is 4.50. The largest absolute Gasteiger partial charge is 0.502 e. The van der Waals surface area contributed by atoms with E-state index in [1.54, 1.807) is 0 Å². The van der Waals surface area contributed by atoms with Crippen molar-refractivity contribution in [1.82, 2.24) is 0 Å². The molecule has 0 bridgehead atoms. The van der Waals surface area contributed by atoms with E-state index in [-0.39, 0.29) is 21.3 Å². The molecule has 21 heavy (non-hydrogen) atoms. The van der Waals surface area contributed by atoms with Gasteiger partial charge in [-0.1, -0.05) is 29.3 Å². The highest BCUT2D eigenvalue weighted by molar-refractivity contribution is 6.31. The molecule has 0 radical (unpaired) electrons. The number of benzene rings is 2. The molecule has 2 aromatic rings. The van der Waals surface area contributed by atoms with Crippen molar-refractivity contribution in [3.8, 4) is 5.75 Å². The molecule has 0 fully saturated rings. The van der Waals surface area contributed by atoms with Crippen LogP contribution in [-0.4, -0.2) is 16.2 Å². The second-order valence-corrected chi connectivity index (χ2v) is 4.79. The van der Waals surface area contributed by atoms with Gasteiger partial charge in [0, 0.05) is 22.9 Å². The van der Waals surface area contributed by atoms with E-state index in [0.717, 1.165) is 12.3 Å². The fraction of sp³-hybridized carbons (Fsp3) is 0. The van der Waals surface area contributed by atoms with Gasteiger partial charge in [-0.15, -0.1) is 0 Å². The van der Waals surface area contributed by atoms with Crippen molar-refractivity contribution in [2.45, 2.75) is 0 Å². The summed E-state index contributed by atoms with van der Waals surface area (Å²) < 4.78 is 13.6. The summed E-state index contributed by atoms with van der Waals surface area (Å²) in [6.45, 7) is 0. The van der Waals surface area contributed by atoms with Crippen LogP contribution < -0.4 is 0 Å². The van der Waals surface area contributed by atoms with Crippen molar-refractivity contribution >= 4 is 40.8 Å².